The highest BCUT2D eigenvalue weighted by atomic mass is 79.9. The SMILES string of the molecule is COC(=O)C[C@H](N)c1cc(Br)cc(Br)c1N. The molecule has 0 aromatic heterocycles. The average molecular weight is 352 g/mol. The normalized spacial score (nSPS) is 12.2. The summed E-state index contributed by atoms with van der Waals surface area (Å²) in [7, 11) is 1.33. The predicted octanol–water partition coefficient (Wildman–Crippen LogP) is 2.36. The molecule has 0 heterocycles. The summed E-state index contributed by atoms with van der Waals surface area (Å²) in [6.45, 7) is 0. The Labute approximate surface area is 111 Å². The summed E-state index contributed by atoms with van der Waals surface area (Å²) in [4.78, 5) is 11.1. The van der Waals surface area contributed by atoms with Gasteiger partial charge in [-0.1, -0.05) is 15.9 Å². The molecule has 0 aliphatic carbocycles. The predicted molar refractivity (Wildman–Crippen MR) is 69.8 cm³/mol. The zero-order valence-electron chi connectivity index (χ0n) is 8.67. The van der Waals surface area contributed by atoms with Crippen LogP contribution in [0, 0.1) is 0 Å². The minimum Gasteiger partial charge on any atom is -0.469 e. The van der Waals surface area contributed by atoms with Crippen molar-refractivity contribution in [2.45, 2.75) is 12.5 Å². The Morgan fingerprint density at radius 2 is 2.12 bits per heavy atom. The third-order valence-electron chi connectivity index (χ3n) is 2.14. The topological polar surface area (TPSA) is 78.3 Å². The first-order valence-electron chi connectivity index (χ1n) is 4.52. The van der Waals surface area contributed by atoms with Crippen molar-refractivity contribution >= 4 is 43.5 Å². The van der Waals surface area contributed by atoms with Crippen molar-refractivity contribution in [3.63, 3.8) is 0 Å². The first kappa shape index (κ1) is 13.5. The Balaban J connectivity index is 2.99. The second-order valence-electron chi connectivity index (χ2n) is 3.28. The summed E-state index contributed by atoms with van der Waals surface area (Å²) in [6.07, 6.45) is 0.101. The number of halogens is 2. The Hall–Kier alpha value is -0.590. The molecule has 0 fully saturated rings. The van der Waals surface area contributed by atoms with Crippen LogP contribution in [0.15, 0.2) is 21.1 Å². The summed E-state index contributed by atoms with van der Waals surface area (Å²) >= 11 is 6.66. The molecule has 0 aliphatic heterocycles. The van der Waals surface area contributed by atoms with Gasteiger partial charge in [0.25, 0.3) is 0 Å². The van der Waals surface area contributed by atoms with E-state index in [4.69, 9.17) is 11.5 Å². The number of nitrogen functional groups attached to an aromatic ring is 1. The molecule has 0 saturated heterocycles. The van der Waals surface area contributed by atoms with E-state index in [1.807, 2.05) is 6.07 Å². The van der Waals surface area contributed by atoms with Crippen LogP contribution >= 0.6 is 31.9 Å². The van der Waals surface area contributed by atoms with Crippen LogP contribution < -0.4 is 11.5 Å². The molecule has 1 rings (SSSR count). The first-order chi connectivity index (χ1) is 7.45. The molecule has 16 heavy (non-hydrogen) atoms. The molecule has 0 amide bonds. The fraction of sp³-hybridized carbons (Fsp3) is 0.300. The van der Waals surface area contributed by atoms with Crippen molar-refractivity contribution in [3.05, 3.63) is 26.6 Å². The van der Waals surface area contributed by atoms with E-state index in [2.05, 4.69) is 36.6 Å². The summed E-state index contributed by atoms with van der Waals surface area (Å²) in [6, 6.07) is 3.15. The van der Waals surface area contributed by atoms with E-state index in [1.165, 1.54) is 7.11 Å². The van der Waals surface area contributed by atoms with Gasteiger partial charge in [0.05, 0.1) is 19.2 Å². The minimum absolute atomic E-state index is 0.101. The van der Waals surface area contributed by atoms with Gasteiger partial charge in [-0.05, 0) is 33.6 Å². The number of nitrogens with two attached hydrogens (primary N) is 2. The average Bonchev–Trinajstić information content (AvgIpc) is 2.22. The monoisotopic (exact) mass is 350 g/mol. The molecule has 1 aromatic carbocycles. The van der Waals surface area contributed by atoms with Crippen LogP contribution in [0.1, 0.15) is 18.0 Å². The van der Waals surface area contributed by atoms with Gasteiger partial charge in [0.15, 0.2) is 0 Å². The number of benzene rings is 1. The van der Waals surface area contributed by atoms with Crippen LogP contribution in [0.3, 0.4) is 0 Å². The zero-order valence-corrected chi connectivity index (χ0v) is 11.8. The lowest BCUT2D eigenvalue weighted by atomic mass is 10.0. The fourth-order valence-electron chi connectivity index (χ4n) is 1.28. The van der Waals surface area contributed by atoms with Crippen LogP contribution in [0.4, 0.5) is 5.69 Å². The first-order valence-corrected chi connectivity index (χ1v) is 6.11. The van der Waals surface area contributed by atoms with Crippen molar-refractivity contribution in [1.82, 2.24) is 0 Å². The van der Waals surface area contributed by atoms with E-state index >= 15 is 0 Å². The molecule has 0 radical (unpaired) electrons. The summed E-state index contributed by atoms with van der Waals surface area (Å²) in [5.74, 6) is -0.358. The lowest BCUT2D eigenvalue weighted by Gasteiger charge is -2.15. The zero-order chi connectivity index (χ0) is 12.3. The molecule has 4 N–H and O–H groups in total. The summed E-state index contributed by atoms with van der Waals surface area (Å²) in [5, 5.41) is 0. The number of anilines is 1. The number of hydrogen-bond donors (Lipinski definition) is 2. The van der Waals surface area contributed by atoms with Gasteiger partial charge in [0, 0.05) is 15.0 Å². The Kier molecular flexibility index (Phi) is 4.76. The van der Waals surface area contributed by atoms with Gasteiger partial charge in [0.1, 0.15) is 0 Å². The maximum atomic E-state index is 11.1. The Morgan fingerprint density at radius 3 is 2.69 bits per heavy atom. The van der Waals surface area contributed by atoms with Crippen LogP contribution in [0.2, 0.25) is 0 Å². The van der Waals surface area contributed by atoms with Gasteiger partial charge >= 0.3 is 5.97 Å². The lowest BCUT2D eigenvalue weighted by Crippen LogP contribution is -2.17. The second kappa shape index (κ2) is 5.65. The molecule has 1 aromatic rings. The fourth-order valence-corrected chi connectivity index (χ4v) is 2.54. The lowest BCUT2D eigenvalue weighted by molar-refractivity contribution is -0.141. The summed E-state index contributed by atoms with van der Waals surface area (Å²) in [5.41, 5.74) is 13.0. The van der Waals surface area contributed by atoms with Crippen LogP contribution in [0.5, 0.6) is 0 Å². The minimum atomic E-state index is -0.471. The number of methoxy groups -OCH3 is 1. The molecule has 0 unspecified atom stereocenters. The Bertz CT molecular complexity index is 410. The van der Waals surface area contributed by atoms with E-state index in [0.29, 0.717) is 11.3 Å². The van der Waals surface area contributed by atoms with E-state index in [1.54, 1.807) is 6.07 Å². The molecule has 0 bridgehead atoms. The number of esters is 1. The molecule has 88 valence electrons. The van der Waals surface area contributed by atoms with Crippen LogP contribution in [-0.4, -0.2) is 13.1 Å². The van der Waals surface area contributed by atoms with Crippen molar-refractivity contribution in [3.8, 4) is 0 Å². The van der Waals surface area contributed by atoms with Crippen LogP contribution in [-0.2, 0) is 9.53 Å². The molecule has 1 atom stereocenters. The molecular weight excluding hydrogens is 340 g/mol. The second-order valence-corrected chi connectivity index (χ2v) is 5.05. The molecule has 0 saturated carbocycles. The highest BCUT2D eigenvalue weighted by molar-refractivity contribution is 9.11. The van der Waals surface area contributed by atoms with Gasteiger partial charge in [-0.25, -0.2) is 0 Å². The maximum absolute atomic E-state index is 11.1. The standard InChI is InChI=1S/C10H12Br2N2O2/c1-16-9(15)4-8(13)6-2-5(11)3-7(12)10(6)14/h2-3,8H,4,13-14H2,1H3/t8-/m0/s1. The molecule has 0 aliphatic rings. The number of ether oxygens (including phenoxy) is 1. The molecule has 4 nitrogen and oxygen atoms in total. The Morgan fingerprint density at radius 1 is 1.50 bits per heavy atom. The van der Waals surface area contributed by atoms with Crippen molar-refractivity contribution in [1.29, 1.82) is 0 Å². The van der Waals surface area contributed by atoms with Gasteiger partial charge in [0.2, 0.25) is 0 Å². The molecule has 0 spiro atoms. The largest absolute Gasteiger partial charge is 0.469 e. The van der Waals surface area contributed by atoms with Crippen LogP contribution in [0.25, 0.3) is 0 Å². The quantitative estimate of drug-likeness (QED) is 0.647. The number of carbonyl (C=O) groups excluding carboxylic acids is 1. The third kappa shape index (κ3) is 3.20. The molecular formula is C10H12Br2N2O2. The number of carbonyl (C=O) groups is 1. The molecule has 6 heteroatoms. The van der Waals surface area contributed by atoms with Gasteiger partial charge in [-0.15, -0.1) is 0 Å². The third-order valence-corrected chi connectivity index (χ3v) is 3.25. The van der Waals surface area contributed by atoms with Crippen molar-refractivity contribution < 1.29 is 9.53 Å². The maximum Gasteiger partial charge on any atom is 0.307 e. The van der Waals surface area contributed by atoms with Gasteiger partial charge in [-0.3, -0.25) is 4.79 Å². The summed E-state index contributed by atoms with van der Waals surface area (Å²) < 4.78 is 6.16. The number of rotatable bonds is 3. The van der Waals surface area contributed by atoms with Crippen molar-refractivity contribution in [2.24, 2.45) is 5.73 Å². The van der Waals surface area contributed by atoms with E-state index in [-0.39, 0.29) is 12.4 Å². The smallest absolute Gasteiger partial charge is 0.307 e. The van der Waals surface area contributed by atoms with Gasteiger partial charge < -0.3 is 16.2 Å². The van der Waals surface area contributed by atoms with Gasteiger partial charge in [-0.2, -0.15) is 0 Å². The van der Waals surface area contributed by atoms with E-state index in [9.17, 15) is 4.79 Å². The number of hydrogen-bond acceptors (Lipinski definition) is 4. The van der Waals surface area contributed by atoms with Crippen molar-refractivity contribution in [2.75, 3.05) is 12.8 Å². The highest BCUT2D eigenvalue weighted by Crippen LogP contribution is 2.32. The highest BCUT2D eigenvalue weighted by Gasteiger charge is 2.16. The van der Waals surface area contributed by atoms with E-state index < -0.39 is 6.04 Å². The van der Waals surface area contributed by atoms with E-state index in [0.717, 1.165) is 8.95 Å².